The predicted molar refractivity (Wildman–Crippen MR) is 77.8 cm³/mol. The molecule has 0 spiro atoms. The first-order valence-corrected chi connectivity index (χ1v) is 6.34. The summed E-state index contributed by atoms with van der Waals surface area (Å²) in [5, 5.41) is 3.12. The monoisotopic (exact) mass is 267 g/mol. The van der Waals surface area contributed by atoms with Gasteiger partial charge in [0.2, 0.25) is 5.91 Å². The Morgan fingerprint density at radius 1 is 1.20 bits per heavy atom. The first kappa shape index (κ1) is 12.4. The van der Waals surface area contributed by atoms with Crippen molar-refractivity contribution in [3.05, 3.63) is 64.6 Å². The largest absolute Gasteiger partial charge is 0.460 e. The van der Waals surface area contributed by atoms with E-state index in [0.29, 0.717) is 22.4 Å². The molecule has 0 fully saturated rings. The quantitative estimate of drug-likeness (QED) is 0.910. The van der Waals surface area contributed by atoms with Crippen LogP contribution in [0.15, 0.2) is 57.8 Å². The maximum atomic E-state index is 12.2. The van der Waals surface area contributed by atoms with Gasteiger partial charge in [-0.2, -0.15) is 0 Å². The summed E-state index contributed by atoms with van der Waals surface area (Å²) in [7, 11) is 0. The highest BCUT2D eigenvalue weighted by Gasteiger charge is 2.13. The van der Waals surface area contributed by atoms with E-state index < -0.39 is 0 Å². The highest BCUT2D eigenvalue weighted by atomic mass is 16.3. The highest BCUT2D eigenvalue weighted by Crippen LogP contribution is 2.25. The molecule has 0 saturated carbocycles. The van der Waals surface area contributed by atoms with Crippen LogP contribution >= 0.6 is 0 Å². The number of fused-ring (bicyclic) bond motifs is 1. The van der Waals surface area contributed by atoms with Gasteiger partial charge in [-0.1, -0.05) is 24.3 Å². The van der Waals surface area contributed by atoms with Gasteiger partial charge in [-0.15, -0.1) is 0 Å². The highest BCUT2D eigenvalue weighted by molar-refractivity contribution is 5.91. The van der Waals surface area contributed by atoms with Crippen molar-refractivity contribution in [1.29, 1.82) is 0 Å². The summed E-state index contributed by atoms with van der Waals surface area (Å²) in [4.78, 5) is 23.2. The van der Waals surface area contributed by atoms with Crippen LogP contribution in [0.25, 0.3) is 11.0 Å². The first-order chi connectivity index (χ1) is 9.63. The fourth-order valence-electron chi connectivity index (χ4n) is 2.24. The molecular formula is C16H13NO3. The van der Waals surface area contributed by atoms with Gasteiger partial charge < -0.3 is 9.73 Å². The van der Waals surface area contributed by atoms with E-state index >= 15 is 0 Å². The normalized spacial score (nSPS) is 14.1. The van der Waals surface area contributed by atoms with Gasteiger partial charge in [0.1, 0.15) is 11.3 Å². The second-order valence-corrected chi connectivity index (χ2v) is 4.70. The molecule has 2 aromatic rings. The fourth-order valence-corrected chi connectivity index (χ4v) is 2.24. The molecule has 0 radical (unpaired) electrons. The summed E-state index contributed by atoms with van der Waals surface area (Å²) in [5.41, 5.74) is 1.00. The Morgan fingerprint density at radius 2 is 1.95 bits per heavy atom. The summed E-state index contributed by atoms with van der Waals surface area (Å²) < 4.78 is 5.77. The molecular weight excluding hydrogens is 254 g/mol. The molecule has 1 aromatic carbocycles. The standard InChI is InChI=1S/C16H13NO3/c1-10(18)17-12-6-7-15-13(8-12)14(19)9-16(20-15)11-4-2-3-5-11/h2-9,11H,1H3,(H,17,18). The van der Waals surface area contributed by atoms with Gasteiger partial charge in [-0.05, 0) is 18.2 Å². The molecule has 1 heterocycles. The number of hydrogen-bond donors (Lipinski definition) is 1. The van der Waals surface area contributed by atoms with Gasteiger partial charge in [0.15, 0.2) is 5.43 Å². The van der Waals surface area contributed by atoms with Crippen molar-refractivity contribution in [2.24, 2.45) is 0 Å². The molecule has 1 aliphatic carbocycles. The van der Waals surface area contributed by atoms with Crippen LogP contribution in [0, 0.1) is 0 Å². The average molecular weight is 267 g/mol. The van der Waals surface area contributed by atoms with E-state index in [0.717, 1.165) is 0 Å². The molecule has 20 heavy (non-hydrogen) atoms. The smallest absolute Gasteiger partial charge is 0.221 e. The van der Waals surface area contributed by atoms with E-state index in [-0.39, 0.29) is 17.3 Å². The Bertz CT molecular complexity index is 787. The molecule has 3 rings (SSSR count). The van der Waals surface area contributed by atoms with E-state index in [1.165, 1.54) is 13.0 Å². The number of carbonyl (C=O) groups is 1. The number of anilines is 1. The van der Waals surface area contributed by atoms with Gasteiger partial charge in [-0.3, -0.25) is 9.59 Å². The fraction of sp³-hybridized carbons (Fsp3) is 0.125. The van der Waals surface area contributed by atoms with Crippen LogP contribution in [0.4, 0.5) is 5.69 Å². The number of allylic oxidation sites excluding steroid dienone is 4. The third-order valence-corrected chi connectivity index (χ3v) is 3.14. The number of rotatable bonds is 2. The molecule has 0 saturated heterocycles. The summed E-state index contributed by atoms with van der Waals surface area (Å²) in [6, 6.07) is 6.56. The first-order valence-electron chi connectivity index (χ1n) is 6.34. The maximum Gasteiger partial charge on any atom is 0.221 e. The topological polar surface area (TPSA) is 59.3 Å². The lowest BCUT2D eigenvalue weighted by Gasteiger charge is -2.07. The summed E-state index contributed by atoms with van der Waals surface area (Å²) in [6.45, 7) is 1.43. The molecule has 100 valence electrons. The second-order valence-electron chi connectivity index (χ2n) is 4.70. The van der Waals surface area contributed by atoms with Crippen LogP contribution in [0.2, 0.25) is 0 Å². The lowest BCUT2D eigenvalue weighted by atomic mass is 10.1. The van der Waals surface area contributed by atoms with E-state index in [4.69, 9.17) is 4.42 Å². The zero-order chi connectivity index (χ0) is 14.1. The van der Waals surface area contributed by atoms with E-state index in [1.807, 2.05) is 24.3 Å². The van der Waals surface area contributed by atoms with Crippen LogP contribution < -0.4 is 10.7 Å². The molecule has 1 amide bonds. The molecule has 4 nitrogen and oxygen atoms in total. The van der Waals surface area contributed by atoms with Crippen LogP contribution in [0.5, 0.6) is 0 Å². The molecule has 0 bridgehead atoms. The molecule has 0 aliphatic heterocycles. The maximum absolute atomic E-state index is 12.2. The third-order valence-electron chi connectivity index (χ3n) is 3.14. The van der Waals surface area contributed by atoms with Gasteiger partial charge in [0, 0.05) is 18.7 Å². The van der Waals surface area contributed by atoms with Crippen molar-refractivity contribution >= 4 is 22.6 Å². The van der Waals surface area contributed by atoms with Crippen molar-refractivity contribution < 1.29 is 9.21 Å². The van der Waals surface area contributed by atoms with Gasteiger partial charge >= 0.3 is 0 Å². The van der Waals surface area contributed by atoms with Crippen LogP contribution in [-0.4, -0.2) is 5.91 Å². The van der Waals surface area contributed by atoms with Gasteiger partial charge in [0.25, 0.3) is 0 Å². The minimum absolute atomic E-state index is 0.0159. The van der Waals surface area contributed by atoms with E-state index in [9.17, 15) is 9.59 Å². The van der Waals surface area contributed by atoms with Crippen molar-refractivity contribution in [2.75, 3.05) is 5.32 Å². The summed E-state index contributed by atoms with van der Waals surface area (Å²) in [6.07, 6.45) is 7.79. The van der Waals surface area contributed by atoms with Gasteiger partial charge in [0.05, 0.1) is 11.3 Å². The summed E-state index contributed by atoms with van der Waals surface area (Å²) >= 11 is 0. The molecule has 0 unspecified atom stereocenters. The number of carbonyl (C=O) groups excluding carboxylic acids is 1. The molecule has 1 N–H and O–H groups in total. The van der Waals surface area contributed by atoms with Crippen molar-refractivity contribution in [1.82, 2.24) is 0 Å². The predicted octanol–water partition coefficient (Wildman–Crippen LogP) is 2.96. The van der Waals surface area contributed by atoms with Crippen molar-refractivity contribution in [3.63, 3.8) is 0 Å². The Balaban J connectivity index is 2.09. The lowest BCUT2D eigenvalue weighted by molar-refractivity contribution is -0.114. The molecule has 4 heteroatoms. The van der Waals surface area contributed by atoms with Gasteiger partial charge in [-0.25, -0.2) is 0 Å². The average Bonchev–Trinajstić information content (AvgIpc) is 2.92. The summed E-state index contributed by atoms with van der Waals surface area (Å²) in [5.74, 6) is 0.466. The van der Waals surface area contributed by atoms with Crippen molar-refractivity contribution in [2.45, 2.75) is 12.8 Å². The van der Waals surface area contributed by atoms with Crippen LogP contribution in [0.1, 0.15) is 18.6 Å². The Labute approximate surface area is 115 Å². The number of hydrogen-bond acceptors (Lipinski definition) is 3. The molecule has 1 aromatic heterocycles. The van der Waals surface area contributed by atoms with Crippen molar-refractivity contribution in [3.8, 4) is 0 Å². The van der Waals surface area contributed by atoms with E-state index in [2.05, 4.69) is 5.32 Å². The Hall–Kier alpha value is -2.62. The van der Waals surface area contributed by atoms with Crippen LogP contribution in [0.3, 0.4) is 0 Å². The molecule has 0 atom stereocenters. The Morgan fingerprint density at radius 3 is 2.65 bits per heavy atom. The Kier molecular flexibility index (Phi) is 2.99. The minimum atomic E-state index is -0.174. The number of amides is 1. The lowest BCUT2D eigenvalue weighted by Crippen LogP contribution is -2.08. The zero-order valence-electron chi connectivity index (χ0n) is 10.9. The zero-order valence-corrected chi connectivity index (χ0v) is 10.9. The SMILES string of the molecule is CC(=O)Nc1ccc2oc(C3C=CC=C3)cc(=O)c2c1. The van der Waals surface area contributed by atoms with Crippen LogP contribution in [-0.2, 0) is 4.79 Å². The number of nitrogens with one attached hydrogen (secondary N) is 1. The number of benzene rings is 1. The van der Waals surface area contributed by atoms with E-state index in [1.54, 1.807) is 18.2 Å². The third kappa shape index (κ3) is 2.28. The molecule has 1 aliphatic rings. The minimum Gasteiger partial charge on any atom is -0.460 e. The second kappa shape index (κ2) is 4.81.